The van der Waals surface area contributed by atoms with Crippen molar-refractivity contribution in [1.82, 2.24) is 10.3 Å². The molecule has 116 valence electrons. The van der Waals surface area contributed by atoms with Crippen LogP contribution in [0, 0.1) is 5.92 Å². The van der Waals surface area contributed by atoms with Crippen LogP contribution in [-0.4, -0.2) is 36.1 Å². The Balaban J connectivity index is 1.95. The summed E-state index contributed by atoms with van der Waals surface area (Å²) in [5.74, 6) is 1.14. The van der Waals surface area contributed by atoms with E-state index in [1.165, 1.54) is 12.8 Å². The van der Waals surface area contributed by atoms with Crippen molar-refractivity contribution in [3.63, 3.8) is 0 Å². The number of nitrogens with two attached hydrogens (primary N) is 1. The van der Waals surface area contributed by atoms with Crippen LogP contribution < -0.4 is 16.0 Å². The van der Waals surface area contributed by atoms with Gasteiger partial charge in [0.15, 0.2) is 0 Å². The van der Waals surface area contributed by atoms with E-state index in [1.54, 1.807) is 12.3 Å². The second kappa shape index (κ2) is 6.43. The molecule has 5 heteroatoms. The van der Waals surface area contributed by atoms with Gasteiger partial charge in [-0.15, -0.1) is 0 Å². The number of anilines is 1. The largest absolute Gasteiger partial charge is 0.366 e. The minimum Gasteiger partial charge on any atom is -0.366 e. The Bertz CT molecular complexity index is 478. The fourth-order valence-electron chi connectivity index (χ4n) is 2.61. The maximum Gasteiger partial charge on any atom is 0.250 e. The summed E-state index contributed by atoms with van der Waals surface area (Å²) < 4.78 is 0. The van der Waals surface area contributed by atoms with Gasteiger partial charge in [0.1, 0.15) is 5.82 Å². The molecule has 0 aliphatic carbocycles. The zero-order chi connectivity index (χ0) is 15.5. The number of aromatic nitrogens is 1. The van der Waals surface area contributed by atoms with Crippen LogP contribution >= 0.6 is 0 Å². The second-order valence-corrected chi connectivity index (χ2v) is 6.85. The summed E-state index contributed by atoms with van der Waals surface area (Å²) in [4.78, 5) is 17.7. The molecule has 0 aromatic carbocycles. The van der Waals surface area contributed by atoms with Gasteiger partial charge in [-0.3, -0.25) is 4.79 Å². The molecule has 1 atom stereocenters. The van der Waals surface area contributed by atoms with Crippen molar-refractivity contribution in [3.05, 3.63) is 23.9 Å². The van der Waals surface area contributed by atoms with Crippen LogP contribution in [0.2, 0.25) is 0 Å². The number of hydrogen-bond donors (Lipinski definition) is 2. The number of primary amides is 1. The van der Waals surface area contributed by atoms with Crippen LogP contribution in [0.25, 0.3) is 0 Å². The lowest BCUT2D eigenvalue weighted by Crippen LogP contribution is -2.44. The Morgan fingerprint density at radius 1 is 1.48 bits per heavy atom. The van der Waals surface area contributed by atoms with Gasteiger partial charge in [-0.2, -0.15) is 0 Å². The van der Waals surface area contributed by atoms with E-state index in [4.69, 9.17) is 5.73 Å². The normalized spacial score (nSPS) is 19.6. The molecule has 3 N–H and O–H groups in total. The van der Waals surface area contributed by atoms with Gasteiger partial charge in [0.05, 0.1) is 5.56 Å². The monoisotopic (exact) mass is 290 g/mol. The van der Waals surface area contributed by atoms with E-state index in [1.807, 2.05) is 6.07 Å². The molecule has 1 unspecified atom stereocenters. The number of rotatable bonds is 4. The Labute approximate surface area is 126 Å². The maximum absolute atomic E-state index is 11.1. The standard InChI is InChI=1S/C16H26N4O/c1-16(2,3)19-9-12-5-4-8-20(11-12)14-7-6-13(10-18-14)15(17)21/h6-7,10,12,19H,4-5,8-9,11H2,1-3H3,(H2,17,21). The quantitative estimate of drug-likeness (QED) is 0.887. The van der Waals surface area contributed by atoms with Crippen molar-refractivity contribution in [2.75, 3.05) is 24.5 Å². The summed E-state index contributed by atoms with van der Waals surface area (Å²) >= 11 is 0. The van der Waals surface area contributed by atoms with Crippen LogP contribution in [0.15, 0.2) is 18.3 Å². The number of nitrogens with zero attached hydrogens (tertiary/aromatic N) is 2. The first-order chi connectivity index (χ1) is 9.85. The molecule has 0 spiro atoms. The highest BCUT2D eigenvalue weighted by Gasteiger charge is 2.22. The van der Waals surface area contributed by atoms with Crippen LogP contribution in [-0.2, 0) is 0 Å². The SMILES string of the molecule is CC(C)(C)NCC1CCCN(c2ccc(C(N)=O)cn2)C1. The van der Waals surface area contributed by atoms with Crippen LogP contribution in [0.5, 0.6) is 0 Å². The van der Waals surface area contributed by atoms with E-state index in [9.17, 15) is 4.79 Å². The molecule has 1 aliphatic heterocycles. The predicted octanol–water partition coefficient (Wildman–Crippen LogP) is 1.78. The smallest absolute Gasteiger partial charge is 0.250 e. The Hall–Kier alpha value is -1.62. The van der Waals surface area contributed by atoms with Crippen LogP contribution in [0.1, 0.15) is 44.0 Å². The molecule has 1 aromatic heterocycles. The average molecular weight is 290 g/mol. The van der Waals surface area contributed by atoms with Crippen LogP contribution in [0.3, 0.4) is 0 Å². The van der Waals surface area contributed by atoms with Crippen molar-refractivity contribution in [1.29, 1.82) is 0 Å². The number of carbonyl (C=O) groups is 1. The third-order valence-electron chi connectivity index (χ3n) is 3.80. The molecular formula is C16H26N4O. The third kappa shape index (κ3) is 4.70. The molecular weight excluding hydrogens is 264 g/mol. The fraction of sp³-hybridized carbons (Fsp3) is 0.625. The molecule has 5 nitrogen and oxygen atoms in total. The highest BCUT2D eigenvalue weighted by Crippen LogP contribution is 2.21. The number of hydrogen-bond acceptors (Lipinski definition) is 4. The van der Waals surface area contributed by atoms with Crippen molar-refractivity contribution in [2.45, 2.75) is 39.2 Å². The van der Waals surface area contributed by atoms with E-state index in [-0.39, 0.29) is 5.54 Å². The van der Waals surface area contributed by atoms with Gasteiger partial charge in [0, 0.05) is 31.4 Å². The molecule has 0 saturated carbocycles. The summed E-state index contributed by atoms with van der Waals surface area (Å²) in [6.45, 7) is 9.63. The Kier molecular flexibility index (Phi) is 4.83. The van der Waals surface area contributed by atoms with Gasteiger partial charge in [-0.05, 0) is 51.7 Å². The lowest BCUT2D eigenvalue weighted by Gasteiger charge is -2.35. The topological polar surface area (TPSA) is 71.2 Å². The summed E-state index contributed by atoms with van der Waals surface area (Å²) in [7, 11) is 0. The van der Waals surface area contributed by atoms with E-state index in [2.05, 4.69) is 36.0 Å². The van der Waals surface area contributed by atoms with Gasteiger partial charge in [-0.1, -0.05) is 0 Å². The first-order valence-electron chi connectivity index (χ1n) is 7.61. The third-order valence-corrected chi connectivity index (χ3v) is 3.80. The zero-order valence-electron chi connectivity index (χ0n) is 13.2. The maximum atomic E-state index is 11.1. The molecule has 1 aliphatic rings. The molecule has 1 saturated heterocycles. The van der Waals surface area contributed by atoms with Gasteiger partial charge in [-0.25, -0.2) is 4.98 Å². The Morgan fingerprint density at radius 2 is 2.24 bits per heavy atom. The first kappa shape index (κ1) is 15.8. The second-order valence-electron chi connectivity index (χ2n) is 6.85. The van der Waals surface area contributed by atoms with E-state index in [0.717, 1.165) is 25.5 Å². The molecule has 0 bridgehead atoms. The molecule has 21 heavy (non-hydrogen) atoms. The van der Waals surface area contributed by atoms with Gasteiger partial charge in [0.25, 0.3) is 0 Å². The van der Waals surface area contributed by atoms with Gasteiger partial charge < -0.3 is 16.0 Å². The molecule has 1 fully saturated rings. The number of carbonyl (C=O) groups excluding carboxylic acids is 1. The summed E-state index contributed by atoms with van der Waals surface area (Å²) in [6, 6.07) is 3.64. The molecule has 1 amide bonds. The first-order valence-corrected chi connectivity index (χ1v) is 7.61. The number of amides is 1. The van der Waals surface area contributed by atoms with E-state index in [0.29, 0.717) is 11.5 Å². The highest BCUT2D eigenvalue weighted by atomic mass is 16.1. The van der Waals surface area contributed by atoms with Crippen molar-refractivity contribution in [2.24, 2.45) is 11.7 Å². The van der Waals surface area contributed by atoms with E-state index < -0.39 is 5.91 Å². The highest BCUT2D eigenvalue weighted by molar-refractivity contribution is 5.92. The van der Waals surface area contributed by atoms with Crippen molar-refractivity contribution in [3.8, 4) is 0 Å². The number of pyridine rings is 1. The van der Waals surface area contributed by atoms with Crippen molar-refractivity contribution >= 4 is 11.7 Å². The minimum absolute atomic E-state index is 0.156. The van der Waals surface area contributed by atoms with Gasteiger partial charge >= 0.3 is 0 Å². The summed E-state index contributed by atoms with van der Waals surface area (Å²) in [5, 5.41) is 3.58. The zero-order valence-corrected chi connectivity index (χ0v) is 13.2. The average Bonchev–Trinajstić information content (AvgIpc) is 2.45. The lowest BCUT2D eigenvalue weighted by atomic mass is 9.96. The molecule has 2 rings (SSSR count). The predicted molar refractivity (Wildman–Crippen MR) is 85.4 cm³/mol. The van der Waals surface area contributed by atoms with Crippen molar-refractivity contribution < 1.29 is 4.79 Å². The summed E-state index contributed by atoms with van der Waals surface area (Å²) in [6.07, 6.45) is 3.99. The van der Waals surface area contributed by atoms with Gasteiger partial charge in [0.2, 0.25) is 5.91 Å². The number of piperidine rings is 1. The minimum atomic E-state index is -0.431. The molecule has 0 radical (unpaired) electrons. The van der Waals surface area contributed by atoms with E-state index >= 15 is 0 Å². The Morgan fingerprint density at radius 3 is 2.81 bits per heavy atom. The molecule has 1 aromatic rings. The number of nitrogens with one attached hydrogen (secondary N) is 1. The lowest BCUT2D eigenvalue weighted by molar-refractivity contribution is 0.1000. The molecule has 2 heterocycles. The fourth-order valence-corrected chi connectivity index (χ4v) is 2.61. The van der Waals surface area contributed by atoms with Crippen LogP contribution in [0.4, 0.5) is 5.82 Å². The summed E-state index contributed by atoms with van der Waals surface area (Å²) in [5.41, 5.74) is 5.86.